The van der Waals surface area contributed by atoms with Gasteiger partial charge in [0, 0.05) is 38.8 Å². The number of rotatable bonds is 4. The number of nitrogens with zero attached hydrogens (tertiary/aromatic N) is 2. The van der Waals surface area contributed by atoms with E-state index in [4.69, 9.17) is 0 Å². The Morgan fingerprint density at radius 1 is 1.28 bits per heavy atom. The molecule has 102 valence electrons. The molecule has 0 radical (unpaired) electrons. The van der Waals surface area contributed by atoms with Crippen LogP contribution in [0.5, 0.6) is 0 Å². The number of nitrogens with one attached hydrogen (secondary N) is 1. The summed E-state index contributed by atoms with van der Waals surface area (Å²) in [5.41, 5.74) is 0.931. The zero-order valence-electron chi connectivity index (χ0n) is 11.7. The van der Waals surface area contributed by atoms with Gasteiger partial charge in [-0.1, -0.05) is 6.58 Å². The second-order valence-electron chi connectivity index (χ2n) is 5.81. The van der Waals surface area contributed by atoms with Crippen molar-refractivity contribution < 1.29 is 9.59 Å². The predicted octanol–water partition coefficient (Wildman–Crippen LogP) is 0.231. The smallest absolute Gasteiger partial charge is 0.312 e. The van der Waals surface area contributed by atoms with Crippen molar-refractivity contribution in [1.82, 2.24) is 15.1 Å². The summed E-state index contributed by atoms with van der Waals surface area (Å²) < 4.78 is 0. The molecule has 5 nitrogen and oxygen atoms in total. The highest BCUT2D eigenvalue weighted by atomic mass is 16.2. The van der Waals surface area contributed by atoms with E-state index in [2.05, 4.69) is 32.7 Å². The summed E-state index contributed by atoms with van der Waals surface area (Å²) in [4.78, 5) is 26.3. The molecule has 0 bridgehead atoms. The SMILES string of the molecule is C=C(CNC(C)(C)C)CN1CCN(C)C(=O)C1=O. The van der Waals surface area contributed by atoms with Crippen LogP contribution in [-0.4, -0.2) is 60.4 Å². The largest absolute Gasteiger partial charge is 0.336 e. The first kappa shape index (κ1) is 14.7. The van der Waals surface area contributed by atoms with E-state index in [1.807, 2.05) is 0 Å². The van der Waals surface area contributed by atoms with E-state index in [0.29, 0.717) is 26.2 Å². The predicted molar refractivity (Wildman–Crippen MR) is 71.1 cm³/mol. The van der Waals surface area contributed by atoms with Crippen LogP contribution in [0.1, 0.15) is 20.8 Å². The van der Waals surface area contributed by atoms with Gasteiger partial charge in [0.2, 0.25) is 0 Å². The van der Waals surface area contributed by atoms with Gasteiger partial charge < -0.3 is 15.1 Å². The third kappa shape index (κ3) is 4.14. The lowest BCUT2D eigenvalue weighted by Crippen LogP contribution is -2.53. The summed E-state index contributed by atoms with van der Waals surface area (Å²) in [5.74, 6) is -0.863. The molecule has 0 aromatic heterocycles. The average Bonchev–Trinajstić information content (AvgIpc) is 2.26. The van der Waals surface area contributed by atoms with E-state index >= 15 is 0 Å². The lowest BCUT2D eigenvalue weighted by Gasteiger charge is -2.32. The highest BCUT2D eigenvalue weighted by Gasteiger charge is 2.30. The van der Waals surface area contributed by atoms with Crippen molar-refractivity contribution in [3.8, 4) is 0 Å². The second-order valence-corrected chi connectivity index (χ2v) is 5.81. The normalized spacial score (nSPS) is 17.3. The van der Waals surface area contributed by atoms with Crippen LogP contribution in [0.3, 0.4) is 0 Å². The van der Waals surface area contributed by atoms with Crippen LogP contribution in [0.15, 0.2) is 12.2 Å². The van der Waals surface area contributed by atoms with E-state index in [0.717, 1.165) is 5.57 Å². The molecule has 0 aromatic rings. The molecule has 0 atom stereocenters. The number of likely N-dealkylation sites (N-methyl/N-ethyl adjacent to an activating group) is 1. The first-order valence-electron chi connectivity index (χ1n) is 6.17. The molecule has 0 aliphatic carbocycles. The van der Waals surface area contributed by atoms with E-state index in [1.165, 1.54) is 4.90 Å². The topological polar surface area (TPSA) is 52.6 Å². The fraction of sp³-hybridized carbons (Fsp3) is 0.692. The molecule has 5 heteroatoms. The first-order chi connectivity index (χ1) is 8.20. The van der Waals surface area contributed by atoms with Crippen LogP contribution in [0, 0.1) is 0 Å². The van der Waals surface area contributed by atoms with Crippen molar-refractivity contribution in [2.45, 2.75) is 26.3 Å². The van der Waals surface area contributed by atoms with Crippen molar-refractivity contribution in [2.24, 2.45) is 0 Å². The first-order valence-corrected chi connectivity index (χ1v) is 6.17. The molecule has 2 amide bonds. The molecular weight excluding hydrogens is 230 g/mol. The average molecular weight is 253 g/mol. The number of carbonyl (C=O) groups excluding carboxylic acids is 2. The van der Waals surface area contributed by atoms with Crippen LogP contribution >= 0.6 is 0 Å². The Labute approximate surface area is 109 Å². The minimum absolute atomic E-state index is 0.0187. The Balaban J connectivity index is 2.45. The molecular formula is C13H23N3O2. The van der Waals surface area contributed by atoms with Crippen LogP contribution in [0.2, 0.25) is 0 Å². The maximum Gasteiger partial charge on any atom is 0.312 e. The van der Waals surface area contributed by atoms with Crippen molar-refractivity contribution in [3.05, 3.63) is 12.2 Å². The third-order valence-electron chi connectivity index (χ3n) is 2.81. The molecule has 1 saturated heterocycles. The van der Waals surface area contributed by atoms with Gasteiger partial charge in [0.25, 0.3) is 0 Å². The third-order valence-corrected chi connectivity index (χ3v) is 2.81. The molecule has 1 aliphatic heterocycles. The van der Waals surface area contributed by atoms with E-state index in [-0.39, 0.29) is 5.54 Å². The molecule has 0 unspecified atom stereocenters. The van der Waals surface area contributed by atoms with E-state index in [9.17, 15) is 9.59 Å². The Bertz CT molecular complexity index is 358. The van der Waals surface area contributed by atoms with Gasteiger partial charge in [0.15, 0.2) is 0 Å². The highest BCUT2D eigenvalue weighted by Crippen LogP contribution is 2.06. The molecule has 18 heavy (non-hydrogen) atoms. The zero-order valence-corrected chi connectivity index (χ0v) is 11.7. The Morgan fingerprint density at radius 2 is 1.89 bits per heavy atom. The highest BCUT2D eigenvalue weighted by molar-refractivity contribution is 6.35. The molecule has 1 N–H and O–H groups in total. The number of amides is 2. The number of piperazine rings is 1. The molecule has 0 spiro atoms. The minimum atomic E-state index is -0.433. The number of hydrogen-bond acceptors (Lipinski definition) is 3. The van der Waals surface area contributed by atoms with Crippen molar-refractivity contribution >= 4 is 11.8 Å². The monoisotopic (exact) mass is 253 g/mol. The second kappa shape index (κ2) is 5.52. The fourth-order valence-electron chi connectivity index (χ4n) is 1.64. The molecule has 1 fully saturated rings. The molecule has 1 rings (SSSR count). The quantitative estimate of drug-likeness (QED) is 0.576. The van der Waals surface area contributed by atoms with Gasteiger partial charge in [-0.05, 0) is 26.3 Å². The molecule has 0 aromatic carbocycles. The molecule has 1 aliphatic rings. The number of hydrogen-bond donors (Lipinski definition) is 1. The Kier molecular flexibility index (Phi) is 4.51. The summed E-state index contributed by atoms with van der Waals surface area (Å²) in [6.07, 6.45) is 0. The van der Waals surface area contributed by atoms with Crippen molar-refractivity contribution in [3.63, 3.8) is 0 Å². The molecule has 1 heterocycles. The van der Waals surface area contributed by atoms with E-state index in [1.54, 1.807) is 11.9 Å². The summed E-state index contributed by atoms with van der Waals surface area (Å²) in [6, 6.07) is 0. The Hall–Kier alpha value is -1.36. The summed E-state index contributed by atoms with van der Waals surface area (Å²) in [6.45, 7) is 12.4. The van der Waals surface area contributed by atoms with Crippen molar-refractivity contribution in [2.75, 3.05) is 33.2 Å². The zero-order chi connectivity index (χ0) is 13.9. The van der Waals surface area contributed by atoms with E-state index < -0.39 is 11.8 Å². The lowest BCUT2D eigenvalue weighted by atomic mass is 10.1. The summed E-state index contributed by atoms with van der Waals surface area (Å²) in [7, 11) is 1.65. The fourth-order valence-corrected chi connectivity index (χ4v) is 1.64. The maximum atomic E-state index is 11.7. The number of carbonyl (C=O) groups is 2. The van der Waals surface area contributed by atoms with Gasteiger partial charge in [-0.2, -0.15) is 0 Å². The summed E-state index contributed by atoms with van der Waals surface area (Å²) >= 11 is 0. The minimum Gasteiger partial charge on any atom is -0.336 e. The van der Waals surface area contributed by atoms with Gasteiger partial charge in [0.05, 0.1) is 0 Å². The van der Waals surface area contributed by atoms with Crippen LogP contribution in [0.25, 0.3) is 0 Å². The van der Waals surface area contributed by atoms with Crippen LogP contribution in [-0.2, 0) is 9.59 Å². The lowest BCUT2D eigenvalue weighted by molar-refractivity contribution is -0.154. The van der Waals surface area contributed by atoms with Gasteiger partial charge >= 0.3 is 11.8 Å². The molecule has 0 saturated carbocycles. The van der Waals surface area contributed by atoms with Gasteiger partial charge in [-0.15, -0.1) is 0 Å². The van der Waals surface area contributed by atoms with Gasteiger partial charge in [-0.25, -0.2) is 0 Å². The summed E-state index contributed by atoms with van der Waals surface area (Å²) in [5, 5.41) is 3.31. The van der Waals surface area contributed by atoms with Crippen LogP contribution in [0.4, 0.5) is 0 Å². The van der Waals surface area contributed by atoms with Crippen molar-refractivity contribution in [1.29, 1.82) is 0 Å². The maximum absolute atomic E-state index is 11.7. The van der Waals surface area contributed by atoms with Gasteiger partial charge in [0.1, 0.15) is 0 Å². The standard InChI is InChI=1S/C13H23N3O2/c1-10(8-14-13(2,3)4)9-16-7-6-15(5)11(17)12(16)18/h14H,1,6-9H2,2-5H3. The van der Waals surface area contributed by atoms with Crippen LogP contribution < -0.4 is 5.32 Å². The Morgan fingerprint density at radius 3 is 2.44 bits per heavy atom. The van der Waals surface area contributed by atoms with Gasteiger partial charge in [-0.3, -0.25) is 9.59 Å².